The number of methoxy groups -OCH3 is 1. The molecule has 5 nitrogen and oxygen atoms in total. The Bertz CT molecular complexity index is 420. The molecule has 0 radical (unpaired) electrons. The van der Waals surface area contributed by atoms with Gasteiger partial charge in [-0.25, -0.2) is 0 Å². The Morgan fingerprint density at radius 1 is 1.38 bits per heavy atom. The molecule has 0 fully saturated rings. The Kier molecular flexibility index (Phi) is 6.68. The van der Waals surface area contributed by atoms with E-state index in [0.717, 1.165) is 37.5 Å². The molecule has 1 heterocycles. The van der Waals surface area contributed by atoms with Crippen LogP contribution in [0.1, 0.15) is 45.9 Å². The van der Waals surface area contributed by atoms with Crippen LogP contribution in [0.25, 0.3) is 0 Å². The zero-order valence-electron chi connectivity index (χ0n) is 14.7. The molecule has 0 aromatic carbocycles. The first kappa shape index (κ1) is 18.0. The molecule has 0 spiro atoms. The fourth-order valence-electron chi connectivity index (χ4n) is 2.40. The highest BCUT2D eigenvalue weighted by atomic mass is 16.5. The molecule has 0 saturated carbocycles. The van der Waals surface area contributed by atoms with Crippen molar-refractivity contribution >= 4 is 0 Å². The minimum absolute atomic E-state index is 0.0956. The molecule has 1 rings (SSSR count). The summed E-state index contributed by atoms with van der Waals surface area (Å²) in [5.74, 6) is 0.872. The van der Waals surface area contributed by atoms with Crippen LogP contribution in [0.4, 0.5) is 0 Å². The minimum atomic E-state index is 0.0956. The molecule has 1 N–H and O–H groups in total. The molecule has 0 aliphatic carbocycles. The van der Waals surface area contributed by atoms with Crippen molar-refractivity contribution in [1.82, 2.24) is 20.0 Å². The van der Waals surface area contributed by atoms with Crippen LogP contribution in [0.3, 0.4) is 0 Å². The Morgan fingerprint density at radius 2 is 2.05 bits per heavy atom. The van der Waals surface area contributed by atoms with Gasteiger partial charge in [0.1, 0.15) is 0 Å². The van der Waals surface area contributed by atoms with Crippen LogP contribution in [0.2, 0.25) is 0 Å². The van der Waals surface area contributed by atoms with Gasteiger partial charge in [-0.15, -0.1) is 0 Å². The molecule has 0 aliphatic heterocycles. The van der Waals surface area contributed by atoms with Crippen LogP contribution in [0.15, 0.2) is 6.20 Å². The second-order valence-electron chi connectivity index (χ2n) is 6.88. The van der Waals surface area contributed by atoms with E-state index in [1.165, 1.54) is 0 Å². The second-order valence-corrected chi connectivity index (χ2v) is 6.88. The third kappa shape index (κ3) is 5.00. The van der Waals surface area contributed by atoms with Crippen molar-refractivity contribution in [3.63, 3.8) is 0 Å². The van der Waals surface area contributed by atoms with Crippen LogP contribution in [0.5, 0.6) is 5.75 Å². The topological polar surface area (TPSA) is 42.3 Å². The second kappa shape index (κ2) is 7.80. The Morgan fingerprint density at radius 3 is 2.52 bits per heavy atom. The number of ether oxygens (including phenoxy) is 1. The lowest BCUT2D eigenvalue weighted by Gasteiger charge is -2.32. The van der Waals surface area contributed by atoms with E-state index >= 15 is 0 Å². The van der Waals surface area contributed by atoms with E-state index in [9.17, 15) is 0 Å². The molecule has 1 aromatic rings. The van der Waals surface area contributed by atoms with E-state index in [2.05, 4.69) is 61.8 Å². The lowest BCUT2D eigenvalue weighted by atomic mass is 9.84. The van der Waals surface area contributed by atoms with Crippen molar-refractivity contribution in [1.29, 1.82) is 0 Å². The van der Waals surface area contributed by atoms with Gasteiger partial charge in [0.25, 0.3) is 0 Å². The fourth-order valence-corrected chi connectivity index (χ4v) is 2.40. The molecule has 0 amide bonds. The smallest absolute Gasteiger partial charge is 0.161 e. The summed E-state index contributed by atoms with van der Waals surface area (Å²) in [5, 5.41) is 8.19. The van der Waals surface area contributed by atoms with Gasteiger partial charge < -0.3 is 15.0 Å². The molecule has 1 unspecified atom stereocenters. The van der Waals surface area contributed by atoms with Gasteiger partial charge in [0.15, 0.2) is 5.75 Å². The van der Waals surface area contributed by atoms with Crippen molar-refractivity contribution in [2.75, 3.05) is 34.3 Å². The zero-order valence-corrected chi connectivity index (χ0v) is 14.7. The lowest BCUT2D eigenvalue weighted by Crippen LogP contribution is -2.35. The summed E-state index contributed by atoms with van der Waals surface area (Å²) in [5.41, 5.74) is 1.25. The predicted molar refractivity (Wildman–Crippen MR) is 87.8 cm³/mol. The maximum Gasteiger partial charge on any atom is 0.161 e. The van der Waals surface area contributed by atoms with Crippen molar-refractivity contribution in [3.05, 3.63) is 11.9 Å². The van der Waals surface area contributed by atoms with Crippen LogP contribution in [-0.2, 0) is 6.54 Å². The van der Waals surface area contributed by atoms with E-state index in [-0.39, 0.29) is 11.5 Å². The number of hydrogen-bond acceptors (Lipinski definition) is 4. The summed E-state index contributed by atoms with van der Waals surface area (Å²) in [6, 6.07) is 0.220. The molecular weight excluding hydrogens is 264 g/mol. The summed E-state index contributed by atoms with van der Waals surface area (Å²) >= 11 is 0. The van der Waals surface area contributed by atoms with Crippen molar-refractivity contribution in [3.8, 4) is 5.75 Å². The number of aromatic nitrogens is 2. The van der Waals surface area contributed by atoms with E-state index < -0.39 is 0 Å². The SMILES string of the molecule is CCCNC(c1c(OC)cnn1CCN(C)C)C(C)(C)C. The van der Waals surface area contributed by atoms with Crippen molar-refractivity contribution < 1.29 is 4.74 Å². The maximum atomic E-state index is 5.55. The third-order valence-corrected chi connectivity index (χ3v) is 3.56. The molecule has 21 heavy (non-hydrogen) atoms. The van der Waals surface area contributed by atoms with Crippen LogP contribution >= 0.6 is 0 Å². The van der Waals surface area contributed by atoms with Crippen LogP contribution < -0.4 is 10.1 Å². The largest absolute Gasteiger partial charge is 0.493 e. The first-order valence-corrected chi connectivity index (χ1v) is 7.79. The summed E-state index contributed by atoms with van der Waals surface area (Å²) in [6.07, 6.45) is 2.94. The molecule has 1 aromatic heterocycles. The number of nitrogens with zero attached hydrogens (tertiary/aromatic N) is 3. The van der Waals surface area contributed by atoms with Gasteiger partial charge in [0.05, 0.1) is 31.6 Å². The quantitative estimate of drug-likeness (QED) is 0.800. The summed E-state index contributed by atoms with van der Waals surface area (Å²) in [6.45, 7) is 11.8. The van der Waals surface area contributed by atoms with E-state index in [0.29, 0.717) is 0 Å². The Labute approximate surface area is 129 Å². The highest BCUT2D eigenvalue weighted by Crippen LogP contribution is 2.37. The van der Waals surface area contributed by atoms with Crippen LogP contribution in [0, 0.1) is 5.41 Å². The predicted octanol–water partition coefficient (Wildman–Crippen LogP) is 2.54. The molecule has 1 atom stereocenters. The number of hydrogen-bond donors (Lipinski definition) is 1. The highest BCUT2D eigenvalue weighted by Gasteiger charge is 2.31. The van der Waals surface area contributed by atoms with Gasteiger partial charge in [-0.2, -0.15) is 5.10 Å². The van der Waals surface area contributed by atoms with Gasteiger partial charge in [-0.05, 0) is 32.5 Å². The molecule has 5 heteroatoms. The molecule has 0 aliphatic rings. The van der Waals surface area contributed by atoms with Gasteiger partial charge in [-0.3, -0.25) is 4.68 Å². The summed E-state index contributed by atoms with van der Waals surface area (Å²) in [4.78, 5) is 2.17. The van der Waals surface area contributed by atoms with Gasteiger partial charge in [0.2, 0.25) is 0 Å². The number of rotatable bonds is 8. The van der Waals surface area contributed by atoms with Gasteiger partial charge >= 0.3 is 0 Å². The Balaban J connectivity index is 3.11. The van der Waals surface area contributed by atoms with Crippen LogP contribution in [-0.4, -0.2) is 49.0 Å². The standard InChI is InChI=1S/C16H32N4O/c1-8-9-17-15(16(2,3)4)14-13(21-7)12-18-20(14)11-10-19(5)6/h12,15,17H,8-11H2,1-7H3. The molecule has 0 saturated heterocycles. The monoisotopic (exact) mass is 296 g/mol. The van der Waals surface area contributed by atoms with Gasteiger partial charge in [-0.1, -0.05) is 27.7 Å². The zero-order chi connectivity index (χ0) is 16.0. The van der Waals surface area contributed by atoms with Crippen molar-refractivity contribution in [2.24, 2.45) is 5.41 Å². The summed E-state index contributed by atoms with van der Waals surface area (Å²) in [7, 11) is 5.88. The maximum absolute atomic E-state index is 5.55. The number of nitrogens with one attached hydrogen (secondary N) is 1. The average molecular weight is 296 g/mol. The first-order chi connectivity index (χ1) is 9.81. The molecule has 122 valence electrons. The average Bonchev–Trinajstić information content (AvgIpc) is 2.78. The molecular formula is C16H32N4O. The normalized spacial score (nSPS) is 13.7. The molecule has 0 bridgehead atoms. The fraction of sp³-hybridized carbons (Fsp3) is 0.812. The van der Waals surface area contributed by atoms with Crippen molar-refractivity contribution in [2.45, 2.75) is 46.7 Å². The first-order valence-electron chi connectivity index (χ1n) is 7.79. The van der Waals surface area contributed by atoms with E-state index in [1.807, 2.05) is 6.20 Å². The summed E-state index contributed by atoms with van der Waals surface area (Å²) < 4.78 is 7.63. The number of likely N-dealkylation sites (N-methyl/N-ethyl adjacent to an activating group) is 1. The van der Waals surface area contributed by atoms with Gasteiger partial charge in [0, 0.05) is 6.54 Å². The lowest BCUT2D eigenvalue weighted by molar-refractivity contribution is 0.247. The third-order valence-electron chi connectivity index (χ3n) is 3.56. The Hall–Kier alpha value is -1.07. The van der Waals surface area contributed by atoms with E-state index in [1.54, 1.807) is 7.11 Å². The minimum Gasteiger partial charge on any atom is -0.493 e. The van der Waals surface area contributed by atoms with E-state index in [4.69, 9.17) is 4.74 Å². The highest BCUT2D eigenvalue weighted by molar-refractivity contribution is 5.29.